The maximum atomic E-state index is 12.1. The number of carboxylic acids is 1. The third-order valence-corrected chi connectivity index (χ3v) is 3.48. The Bertz CT molecular complexity index is 477. The number of hydrogen-bond donors (Lipinski definition) is 2. The smallest absolute Gasteiger partial charge is 0.411 e. The summed E-state index contributed by atoms with van der Waals surface area (Å²) in [6, 6.07) is 8.14. The van der Waals surface area contributed by atoms with Crippen LogP contribution in [0.5, 0.6) is 0 Å². The lowest BCUT2D eigenvalue weighted by Crippen LogP contribution is -2.47. The molecule has 3 N–H and O–H groups in total. The Morgan fingerprint density at radius 3 is 2.60 bits per heavy atom. The van der Waals surface area contributed by atoms with Crippen LogP contribution in [0.4, 0.5) is 4.79 Å². The van der Waals surface area contributed by atoms with Gasteiger partial charge in [0.15, 0.2) is 0 Å². The second-order valence-corrected chi connectivity index (χ2v) is 4.77. The van der Waals surface area contributed by atoms with E-state index in [-0.39, 0.29) is 19.2 Å². The molecular weight excluding hydrogens is 260 g/mol. The first kappa shape index (κ1) is 14.3. The van der Waals surface area contributed by atoms with Gasteiger partial charge in [0.1, 0.15) is 12.6 Å². The SMILES string of the molecule is NCC1CCC(C(=O)O)N1C(=O)OCc1ccccc1. The third-order valence-electron chi connectivity index (χ3n) is 3.48. The van der Waals surface area contributed by atoms with Crippen LogP contribution in [0.1, 0.15) is 18.4 Å². The van der Waals surface area contributed by atoms with Crippen molar-refractivity contribution in [3.63, 3.8) is 0 Å². The molecule has 0 aromatic heterocycles. The molecule has 0 aliphatic carbocycles. The van der Waals surface area contributed by atoms with Gasteiger partial charge in [-0.3, -0.25) is 4.90 Å². The summed E-state index contributed by atoms with van der Waals surface area (Å²) < 4.78 is 5.19. The molecule has 6 nitrogen and oxygen atoms in total. The molecule has 0 bridgehead atoms. The zero-order valence-electron chi connectivity index (χ0n) is 11.1. The Morgan fingerprint density at radius 1 is 1.30 bits per heavy atom. The number of nitrogens with zero attached hydrogens (tertiary/aromatic N) is 1. The van der Waals surface area contributed by atoms with Crippen LogP contribution in [0.3, 0.4) is 0 Å². The van der Waals surface area contributed by atoms with Crippen LogP contribution in [0, 0.1) is 0 Å². The number of hydrogen-bond acceptors (Lipinski definition) is 4. The number of carbonyl (C=O) groups is 2. The first-order valence-corrected chi connectivity index (χ1v) is 6.55. The predicted octanol–water partition coefficient (Wildman–Crippen LogP) is 1.20. The molecule has 0 saturated carbocycles. The van der Waals surface area contributed by atoms with Crippen molar-refractivity contribution < 1.29 is 19.4 Å². The van der Waals surface area contributed by atoms with Crippen LogP contribution in [-0.2, 0) is 16.1 Å². The highest BCUT2D eigenvalue weighted by Crippen LogP contribution is 2.25. The second-order valence-electron chi connectivity index (χ2n) is 4.77. The van der Waals surface area contributed by atoms with Crippen LogP contribution in [0.2, 0.25) is 0 Å². The number of nitrogens with two attached hydrogens (primary N) is 1. The Morgan fingerprint density at radius 2 is 2.00 bits per heavy atom. The molecule has 1 heterocycles. The Labute approximate surface area is 117 Å². The van der Waals surface area contributed by atoms with Gasteiger partial charge in [-0.1, -0.05) is 30.3 Å². The van der Waals surface area contributed by atoms with Gasteiger partial charge in [-0.05, 0) is 18.4 Å². The van der Waals surface area contributed by atoms with E-state index in [0.29, 0.717) is 12.8 Å². The summed E-state index contributed by atoms with van der Waals surface area (Å²) in [5.74, 6) is -1.02. The van der Waals surface area contributed by atoms with Gasteiger partial charge in [0.05, 0.1) is 0 Å². The lowest BCUT2D eigenvalue weighted by Gasteiger charge is -2.26. The number of rotatable bonds is 4. The van der Waals surface area contributed by atoms with Crippen molar-refractivity contribution in [1.29, 1.82) is 0 Å². The first-order valence-electron chi connectivity index (χ1n) is 6.55. The molecule has 1 aromatic carbocycles. The van der Waals surface area contributed by atoms with Crippen molar-refractivity contribution in [1.82, 2.24) is 4.90 Å². The molecule has 1 fully saturated rings. The monoisotopic (exact) mass is 278 g/mol. The van der Waals surface area contributed by atoms with Gasteiger partial charge in [-0.25, -0.2) is 9.59 Å². The summed E-state index contributed by atoms with van der Waals surface area (Å²) in [4.78, 5) is 24.5. The quantitative estimate of drug-likeness (QED) is 0.863. The van der Waals surface area contributed by atoms with E-state index in [0.717, 1.165) is 5.56 Å². The fourth-order valence-electron chi connectivity index (χ4n) is 2.43. The minimum atomic E-state index is -1.02. The molecule has 6 heteroatoms. The van der Waals surface area contributed by atoms with Crippen molar-refractivity contribution in [2.24, 2.45) is 5.73 Å². The van der Waals surface area contributed by atoms with Crippen molar-refractivity contribution >= 4 is 12.1 Å². The van der Waals surface area contributed by atoms with Crippen molar-refractivity contribution in [3.05, 3.63) is 35.9 Å². The highest BCUT2D eigenvalue weighted by molar-refractivity contribution is 5.81. The minimum absolute atomic E-state index is 0.125. The average Bonchev–Trinajstić information content (AvgIpc) is 2.90. The van der Waals surface area contributed by atoms with E-state index in [1.165, 1.54) is 4.90 Å². The molecule has 2 rings (SSSR count). The molecular formula is C14H18N2O4. The number of aliphatic carboxylic acids is 1. The van der Waals surface area contributed by atoms with Gasteiger partial charge in [0.25, 0.3) is 0 Å². The van der Waals surface area contributed by atoms with Crippen LogP contribution >= 0.6 is 0 Å². The predicted molar refractivity (Wildman–Crippen MR) is 72.0 cm³/mol. The molecule has 0 spiro atoms. The normalized spacial score (nSPS) is 21.8. The van der Waals surface area contributed by atoms with E-state index in [9.17, 15) is 9.59 Å². The van der Waals surface area contributed by atoms with Gasteiger partial charge in [0, 0.05) is 12.6 Å². The average molecular weight is 278 g/mol. The van der Waals surface area contributed by atoms with Gasteiger partial charge in [-0.15, -0.1) is 0 Å². The number of carboxylic acid groups (broad SMARTS) is 1. The van der Waals surface area contributed by atoms with E-state index >= 15 is 0 Å². The Hall–Kier alpha value is -2.08. The fourth-order valence-corrected chi connectivity index (χ4v) is 2.43. The highest BCUT2D eigenvalue weighted by Gasteiger charge is 2.41. The topological polar surface area (TPSA) is 92.9 Å². The molecule has 108 valence electrons. The van der Waals surface area contributed by atoms with Gasteiger partial charge in [-0.2, -0.15) is 0 Å². The summed E-state index contributed by atoms with van der Waals surface area (Å²) in [5, 5.41) is 9.14. The summed E-state index contributed by atoms with van der Waals surface area (Å²) in [5.41, 5.74) is 6.45. The third kappa shape index (κ3) is 3.08. The summed E-state index contributed by atoms with van der Waals surface area (Å²) >= 11 is 0. The Kier molecular flexibility index (Phi) is 4.57. The number of benzene rings is 1. The maximum absolute atomic E-state index is 12.1. The Balaban J connectivity index is 2.00. The van der Waals surface area contributed by atoms with E-state index in [1.807, 2.05) is 30.3 Å². The lowest BCUT2D eigenvalue weighted by atomic mass is 10.2. The maximum Gasteiger partial charge on any atom is 0.411 e. The number of ether oxygens (including phenoxy) is 1. The molecule has 1 amide bonds. The standard InChI is InChI=1S/C14H18N2O4/c15-8-11-6-7-12(13(17)18)16(11)14(19)20-9-10-4-2-1-3-5-10/h1-5,11-12H,6-9,15H2,(H,17,18). The van der Waals surface area contributed by atoms with E-state index < -0.39 is 18.1 Å². The molecule has 1 aromatic rings. The number of likely N-dealkylation sites (tertiary alicyclic amines) is 1. The molecule has 2 unspecified atom stereocenters. The van der Waals surface area contributed by atoms with Gasteiger partial charge >= 0.3 is 12.1 Å². The lowest BCUT2D eigenvalue weighted by molar-refractivity contribution is -0.142. The van der Waals surface area contributed by atoms with Crippen LogP contribution in [-0.4, -0.2) is 40.7 Å². The number of carbonyl (C=O) groups excluding carboxylic acids is 1. The van der Waals surface area contributed by atoms with Crippen LogP contribution in [0.25, 0.3) is 0 Å². The zero-order chi connectivity index (χ0) is 14.5. The van der Waals surface area contributed by atoms with Crippen molar-refractivity contribution in [2.45, 2.75) is 31.5 Å². The van der Waals surface area contributed by atoms with E-state index in [4.69, 9.17) is 15.6 Å². The highest BCUT2D eigenvalue weighted by atomic mass is 16.6. The molecule has 20 heavy (non-hydrogen) atoms. The van der Waals surface area contributed by atoms with Crippen molar-refractivity contribution in [3.8, 4) is 0 Å². The molecule has 1 aliphatic heterocycles. The molecule has 1 aliphatic rings. The molecule has 1 saturated heterocycles. The van der Waals surface area contributed by atoms with E-state index in [2.05, 4.69) is 0 Å². The largest absolute Gasteiger partial charge is 0.480 e. The van der Waals surface area contributed by atoms with Gasteiger partial charge < -0.3 is 15.6 Å². The van der Waals surface area contributed by atoms with E-state index in [1.54, 1.807) is 0 Å². The fraction of sp³-hybridized carbons (Fsp3) is 0.429. The number of amides is 1. The molecule has 0 radical (unpaired) electrons. The zero-order valence-corrected chi connectivity index (χ0v) is 11.1. The van der Waals surface area contributed by atoms with Crippen LogP contribution < -0.4 is 5.73 Å². The van der Waals surface area contributed by atoms with Crippen molar-refractivity contribution in [2.75, 3.05) is 6.54 Å². The first-order chi connectivity index (χ1) is 9.63. The summed E-state index contributed by atoms with van der Waals surface area (Å²) in [7, 11) is 0. The molecule has 2 atom stereocenters. The summed E-state index contributed by atoms with van der Waals surface area (Å²) in [6.07, 6.45) is 0.389. The minimum Gasteiger partial charge on any atom is -0.480 e. The van der Waals surface area contributed by atoms with Crippen LogP contribution in [0.15, 0.2) is 30.3 Å². The summed E-state index contributed by atoms with van der Waals surface area (Å²) in [6.45, 7) is 0.365. The van der Waals surface area contributed by atoms with Gasteiger partial charge in [0.2, 0.25) is 0 Å². The second kappa shape index (κ2) is 6.38.